The highest BCUT2D eigenvalue weighted by Gasteiger charge is 2.32. The summed E-state index contributed by atoms with van der Waals surface area (Å²) in [5.41, 5.74) is 0. The number of hydrogen-bond acceptors (Lipinski definition) is 4. The van der Waals surface area contributed by atoms with Crippen molar-refractivity contribution in [1.82, 2.24) is 9.62 Å². The van der Waals surface area contributed by atoms with Gasteiger partial charge in [-0.2, -0.15) is 13.1 Å². The van der Waals surface area contributed by atoms with Crippen LogP contribution >= 0.6 is 11.6 Å². The van der Waals surface area contributed by atoms with Gasteiger partial charge < -0.3 is 10.1 Å². The number of hydrogen-bond donors (Lipinski definition) is 1. The number of benzene rings is 1. The van der Waals surface area contributed by atoms with Gasteiger partial charge >= 0.3 is 6.61 Å². The van der Waals surface area contributed by atoms with Crippen molar-refractivity contribution < 1.29 is 21.9 Å². The fourth-order valence-corrected chi connectivity index (χ4v) is 4.30. The molecule has 0 radical (unpaired) electrons. The quantitative estimate of drug-likeness (QED) is 0.850. The summed E-state index contributed by atoms with van der Waals surface area (Å²) >= 11 is 5.81. The van der Waals surface area contributed by atoms with Gasteiger partial charge in [0.05, 0.1) is 9.92 Å². The van der Waals surface area contributed by atoms with E-state index in [0.29, 0.717) is 13.1 Å². The lowest BCUT2D eigenvalue weighted by molar-refractivity contribution is -0.0498. The summed E-state index contributed by atoms with van der Waals surface area (Å²) in [6, 6.07) is 3.51. The van der Waals surface area contributed by atoms with Crippen LogP contribution in [0.2, 0.25) is 5.02 Å². The molecule has 2 rings (SSSR count). The summed E-state index contributed by atoms with van der Waals surface area (Å²) in [5, 5.41) is 2.87. The van der Waals surface area contributed by atoms with Crippen molar-refractivity contribution in [2.75, 3.05) is 26.7 Å². The van der Waals surface area contributed by atoms with Crippen LogP contribution in [0, 0.1) is 5.92 Å². The van der Waals surface area contributed by atoms with Gasteiger partial charge in [-0.25, -0.2) is 8.42 Å². The third-order valence-corrected chi connectivity index (χ3v) is 5.66. The van der Waals surface area contributed by atoms with E-state index in [1.165, 1.54) is 10.4 Å². The topological polar surface area (TPSA) is 58.6 Å². The fraction of sp³-hybridized carbons (Fsp3) is 0.538. The molecule has 0 aliphatic carbocycles. The second-order valence-corrected chi connectivity index (χ2v) is 7.39. The number of rotatable bonds is 6. The summed E-state index contributed by atoms with van der Waals surface area (Å²) in [4.78, 5) is -0.0239. The highest BCUT2D eigenvalue weighted by atomic mass is 35.5. The molecule has 0 aromatic heterocycles. The normalized spacial score (nSPS) is 19.8. The average Bonchev–Trinajstić information content (AvgIpc) is 2.90. The van der Waals surface area contributed by atoms with Crippen LogP contribution in [0.4, 0.5) is 8.78 Å². The van der Waals surface area contributed by atoms with Crippen LogP contribution in [0.25, 0.3) is 0 Å². The van der Waals surface area contributed by atoms with Gasteiger partial charge in [0.15, 0.2) is 0 Å². The first-order valence-electron chi connectivity index (χ1n) is 6.73. The Morgan fingerprint density at radius 1 is 1.50 bits per heavy atom. The van der Waals surface area contributed by atoms with E-state index in [9.17, 15) is 17.2 Å². The standard InChI is InChI=1S/C13H17ClF2N2O3S/c1-17-7-9-4-5-18(8-9)22(19,20)10-2-3-12(11(14)6-10)21-13(15)16/h2-3,6,9,13,17H,4-5,7-8H2,1H3. The molecule has 1 aliphatic rings. The Balaban J connectivity index is 2.18. The summed E-state index contributed by atoms with van der Waals surface area (Å²) in [7, 11) is -1.86. The molecule has 5 nitrogen and oxygen atoms in total. The molecule has 0 bridgehead atoms. The van der Waals surface area contributed by atoms with Crippen LogP contribution in [-0.4, -0.2) is 46.0 Å². The van der Waals surface area contributed by atoms with Crippen molar-refractivity contribution in [3.63, 3.8) is 0 Å². The van der Waals surface area contributed by atoms with Crippen molar-refractivity contribution in [1.29, 1.82) is 0 Å². The van der Waals surface area contributed by atoms with E-state index < -0.39 is 16.6 Å². The lowest BCUT2D eigenvalue weighted by Crippen LogP contribution is -2.30. The van der Waals surface area contributed by atoms with Gasteiger partial charge in [-0.3, -0.25) is 0 Å². The molecule has 1 aromatic rings. The van der Waals surface area contributed by atoms with Gasteiger partial charge in [-0.05, 0) is 44.1 Å². The lowest BCUT2D eigenvalue weighted by Gasteiger charge is -2.17. The summed E-state index contributed by atoms with van der Waals surface area (Å²) in [6.45, 7) is -1.41. The summed E-state index contributed by atoms with van der Waals surface area (Å²) in [5.74, 6) is 0.0155. The average molecular weight is 355 g/mol. The fourth-order valence-electron chi connectivity index (χ4n) is 2.45. The zero-order valence-corrected chi connectivity index (χ0v) is 13.5. The van der Waals surface area contributed by atoms with Crippen LogP contribution in [-0.2, 0) is 10.0 Å². The molecule has 1 fully saturated rings. The number of sulfonamides is 1. The van der Waals surface area contributed by atoms with Crippen LogP contribution in [0.5, 0.6) is 5.75 Å². The number of nitrogens with zero attached hydrogens (tertiary/aromatic N) is 1. The second kappa shape index (κ2) is 7.08. The number of nitrogens with one attached hydrogen (secondary N) is 1. The van der Waals surface area contributed by atoms with Gasteiger partial charge in [0.1, 0.15) is 5.75 Å². The highest BCUT2D eigenvalue weighted by Crippen LogP contribution is 2.31. The predicted molar refractivity (Wildman–Crippen MR) is 78.9 cm³/mol. The third-order valence-electron chi connectivity index (χ3n) is 3.50. The van der Waals surface area contributed by atoms with Crippen molar-refractivity contribution in [3.8, 4) is 5.75 Å². The summed E-state index contributed by atoms with van der Waals surface area (Å²) in [6.07, 6.45) is 0.778. The van der Waals surface area contributed by atoms with E-state index in [4.69, 9.17) is 11.6 Å². The number of alkyl halides is 2. The minimum Gasteiger partial charge on any atom is -0.433 e. The minimum absolute atomic E-state index is 0.0239. The highest BCUT2D eigenvalue weighted by molar-refractivity contribution is 7.89. The molecule has 1 unspecified atom stereocenters. The first kappa shape index (κ1) is 17.4. The molecule has 1 aromatic carbocycles. The Hall–Kier alpha value is -0.960. The zero-order chi connectivity index (χ0) is 16.3. The zero-order valence-electron chi connectivity index (χ0n) is 11.9. The Bertz CT molecular complexity index is 628. The van der Waals surface area contributed by atoms with Gasteiger partial charge in [0, 0.05) is 13.1 Å². The van der Waals surface area contributed by atoms with Crippen LogP contribution in [0.1, 0.15) is 6.42 Å². The molecule has 1 heterocycles. The van der Waals surface area contributed by atoms with Crippen LogP contribution in [0.15, 0.2) is 23.1 Å². The van der Waals surface area contributed by atoms with Gasteiger partial charge in [0.25, 0.3) is 0 Å². The van der Waals surface area contributed by atoms with Crippen molar-refractivity contribution in [2.24, 2.45) is 5.92 Å². The Morgan fingerprint density at radius 3 is 2.82 bits per heavy atom. The largest absolute Gasteiger partial charge is 0.433 e. The third kappa shape index (κ3) is 3.87. The molecular formula is C13H17ClF2N2O3S. The predicted octanol–water partition coefficient (Wildman–Crippen LogP) is 2.17. The molecule has 1 aliphatic heterocycles. The molecule has 22 heavy (non-hydrogen) atoms. The molecular weight excluding hydrogens is 338 g/mol. The lowest BCUT2D eigenvalue weighted by atomic mass is 10.1. The van der Waals surface area contributed by atoms with E-state index in [2.05, 4.69) is 10.1 Å². The molecule has 124 valence electrons. The van der Waals surface area contributed by atoms with Crippen molar-refractivity contribution >= 4 is 21.6 Å². The SMILES string of the molecule is CNCC1CCN(S(=O)(=O)c2ccc(OC(F)F)c(Cl)c2)C1. The second-order valence-electron chi connectivity index (χ2n) is 5.05. The smallest absolute Gasteiger partial charge is 0.387 e. The van der Waals surface area contributed by atoms with Crippen LogP contribution in [0.3, 0.4) is 0 Å². The first-order chi connectivity index (χ1) is 10.3. The van der Waals surface area contributed by atoms with E-state index >= 15 is 0 Å². The monoisotopic (exact) mass is 354 g/mol. The Labute approximate surface area is 133 Å². The van der Waals surface area contributed by atoms with E-state index in [1.807, 2.05) is 7.05 Å². The van der Waals surface area contributed by atoms with Gasteiger partial charge in [-0.1, -0.05) is 11.6 Å². The molecule has 1 atom stereocenters. The van der Waals surface area contributed by atoms with E-state index in [0.717, 1.165) is 25.1 Å². The molecule has 0 amide bonds. The van der Waals surface area contributed by atoms with Crippen molar-refractivity contribution in [2.45, 2.75) is 17.9 Å². The number of ether oxygens (including phenoxy) is 1. The number of halogens is 3. The molecule has 0 saturated carbocycles. The molecule has 9 heteroatoms. The molecule has 0 spiro atoms. The van der Waals surface area contributed by atoms with Gasteiger partial charge in [0.2, 0.25) is 10.0 Å². The Kier molecular flexibility index (Phi) is 5.60. The minimum atomic E-state index is -3.68. The van der Waals surface area contributed by atoms with E-state index in [-0.39, 0.29) is 21.6 Å². The summed E-state index contributed by atoms with van der Waals surface area (Å²) < 4.78 is 55.0. The van der Waals surface area contributed by atoms with E-state index in [1.54, 1.807) is 0 Å². The van der Waals surface area contributed by atoms with Crippen LogP contribution < -0.4 is 10.1 Å². The molecule has 1 saturated heterocycles. The maximum atomic E-state index is 12.5. The first-order valence-corrected chi connectivity index (χ1v) is 8.55. The Morgan fingerprint density at radius 2 is 2.23 bits per heavy atom. The maximum absolute atomic E-state index is 12.5. The van der Waals surface area contributed by atoms with Gasteiger partial charge in [-0.15, -0.1) is 0 Å². The van der Waals surface area contributed by atoms with Crippen molar-refractivity contribution in [3.05, 3.63) is 23.2 Å². The molecule has 1 N–H and O–H groups in total. The maximum Gasteiger partial charge on any atom is 0.387 e.